The monoisotopic (exact) mass is 280 g/mol. The first kappa shape index (κ1) is 14.8. The molecule has 0 amide bonds. The number of likely N-dealkylation sites (N-methyl/N-ethyl adjacent to an activating group) is 1. The molecule has 0 bridgehead atoms. The highest BCUT2D eigenvalue weighted by Gasteiger charge is 2.14. The van der Waals surface area contributed by atoms with Crippen LogP contribution in [-0.2, 0) is 0 Å². The lowest BCUT2D eigenvalue weighted by molar-refractivity contribution is 0.345. The van der Waals surface area contributed by atoms with E-state index in [9.17, 15) is 0 Å². The van der Waals surface area contributed by atoms with Crippen molar-refractivity contribution < 1.29 is 4.74 Å². The van der Waals surface area contributed by atoms with E-state index in [2.05, 4.69) is 25.2 Å². The zero-order valence-corrected chi connectivity index (χ0v) is 12.6. The average molecular weight is 280 g/mol. The molecular formula is C13H24N6O. The molecule has 0 unspecified atom stereocenters. The van der Waals surface area contributed by atoms with Gasteiger partial charge in [-0.3, -0.25) is 0 Å². The van der Waals surface area contributed by atoms with Crippen molar-refractivity contribution in [3.63, 3.8) is 0 Å². The molecule has 0 aromatic carbocycles. The molecule has 1 aliphatic rings. The van der Waals surface area contributed by atoms with Crippen molar-refractivity contribution >= 4 is 11.9 Å². The lowest BCUT2D eigenvalue weighted by Crippen LogP contribution is -2.32. The molecule has 2 heterocycles. The minimum absolute atomic E-state index is 0.346. The van der Waals surface area contributed by atoms with Gasteiger partial charge in [-0.1, -0.05) is 0 Å². The van der Waals surface area contributed by atoms with Crippen LogP contribution in [0, 0.1) is 0 Å². The van der Waals surface area contributed by atoms with Crippen molar-refractivity contribution in [2.24, 2.45) is 0 Å². The van der Waals surface area contributed by atoms with Crippen molar-refractivity contribution in [3.8, 4) is 6.01 Å². The highest BCUT2D eigenvalue weighted by molar-refractivity contribution is 5.37. The van der Waals surface area contributed by atoms with Crippen LogP contribution in [-0.4, -0.2) is 66.7 Å². The maximum absolute atomic E-state index is 5.13. The molecule has 0 radical (unpaired) electrons. The third-order valence-corrected chi connectivity index (χ3v) is 3.41. The second kappa shape index (κ2) is 7.23. The molecule has 0 atom stereocenters. The number of hydrogen-bond donors (Lipinski definition) is 1. The summed E-state index contributed by atoms with van der Waals surface area (Å²) >= 11 is 0. The Kier molecular flexibility index (Phi) is 5.34. The molecule has 112 valence electrons. The fraction of sp³-hybridized carbons (Fsp3) is 0.769. The zero-order valence-electron chi connectivity index (χ0n) is 12.6. The van der Waals surface area contributed by atoms with E-state index in [1.54, 1.807) is 7.11 Å². The van der Waals surface area contributed by atoms with Crippen LogP contribution in [0.4, 0.5) is 11.9 Å². The van der Waals surface area contributed by atoms with Crippen LogP contribution in [0.25, 0.3) is 0 Å². The number of hydrogen-bond acceptors (Lipinski definition) is 7. The summed E-state index contributed by atoms with van der Waals surface area (Å²) in [4.78, 5) is 17.4. The summed E-state index contributed by atoms with van der Waals surface area (Å²) in [6.07, 6.45) is 2.63. The Balaban J connectivity index is 1.99. The Morgan fingerprint density at radius 1 is 1.25 bits per heavy atom. The first-order valence-corrected chi connectivity index (χ1v) is 7.20. The van der Waals surface area contributed by atoms with Crippen LogP contribution < -0.4 is 15.0 Å². The molecule has 1 N–H and O–H groups in total. The fourth-order valence-electron chi connectivity index (χ4n) is 2.24. The van der Waals surface area contributed by atoms with E-state index in [-0.39, 0.29) is 0 Å². The van der Waals surface area contributed by atoms with Crippen LogP contribution in [0.1, 0.15) is 19.8 Å². The summed E-state index contributed by atoms with van der Waals surface area (Å²) in [5.41, 5.74) is 0. The van der Waals surface area contributed by atoms with Crippen LogP contribution in [0.2, 0.25) is 0 Å². The standard InChI is InChI=1S/C13H24N6O/c1-4-14-11-15-12(17-13(16-11)20-3)18(2)9-10-19-7-5-6-8-19/h4-10H2,1-3H3,(H,14,15,16,17). The molecule has 7 nitrogen and oxygen atoms in total. The predicted octanol–water partition coefficient (Wildman–Crippen LogP) is 0.844. The van der Waals surface area contributed by atoms with Gasteiger partial charge in [0.25, 0.3) is 0 Å². The Morgan fingerprint density at radius 2 is 2.00 bits per heavy atom. The van der Waals surface area contributed by atoms with Crippen LogP contribution in [0.5, 0.6) is 6.01 Å². The minimum Gasteiger partial charge on any atom is -0.467 e. The van der Waals surface area contributed by atoms with Gasteiger partial charge >= 0.3 is 6.01 Å². The molecule has 1 fully saturated rings. The number of anilines is 2. The summed E-state index contributed by atoms with van der Waals surface area (Å²) in [5, 5.41) is 3.10. The summed E-state index contributed by atoms with van der Waals surface area (Å²) in [6.45, 7) is 7.13. The molecule has 0 saturated carbocycles. The molecule has 1 aromatic heterocycles. The first-order valence-electron chi connectivity index (χ1n) is 7.20. The molecule has 1 aromatic rings. The second-order valence-corrected chi connectivity index (χ2v) is 4.95. The normalized spacial score (nSPS) is 15.3. The number of methoxy groups -OCH3 is 1. The quantitative estimate of drug-likeness (QED) is 0.794. The third-order valence-electron chi connectivity index (χ3n) is 3.41. The van der Waals surface area contributed by atoms with Gasteiger partial charge in [0.1, 0.15) is 0 Å². The van der Waals surface area contributed by atoms with Crippen molar-refractivity contribution in [3.05, 3.63) is 0 Å². The van der Waals surface area contributed by atoms with Gasteiger partial charge in [0.15, 0.2) is 0 Å². The van der Waals surface area contributed by atoms with Crippen molar-refractivity contribution in [2.75, 3.05) is 57.1 Å². The van der Waals surface area contributed by atoms with E-state index in [0.29, 0.717) is 17.9 Å². The van der Waals surface area contributed by atoms with Crippen LogP contribution in [0.3, 0.4) is 0 Å². The largest absolute Gasteiger partial charge is 0.467 e. The zero-order chi connectivity index (χ0) is 14.4. The van der Waals surface area contributed by atoms with Gasteiger partial charge in [-0.25, -0.2) is 0 Å². The number of rotatable bonds is 7. The maximum Gasteiger partial charge on any atom is 0.322 e. The highest BCUT2D eigenvalue weighted by Crippen LogP contribution is 2.14. The molecule has 0 aliphatic carbocycles. The van der Waals surface area contributed by atoms with E-state index in [1.165, 1.54) is 25.9 Å². The number of likely N-dealkylation sites (tertiary alicyclic amines) is 1. The van der Waals surface area contributed by atoms with E-state index in [1.807, 2.05) is 18.9 Å². The predicted molar refractivity (Wildman–Crippen MR) is 79.5 cm³/mol. The van der Waals surface area contributed by atoms with Gasteiger partial charge in [0, 0.05) is 26.7 Å². The molecule has 2 rings (SSSR count). The fourth-order valence-corrected chi connectivity index (χ4v) is 2.24. The number of nitrogens with zero attached hydrogens (tertiary/aromatic N) is 5. The summed E-state index contributed by atoms with van der Waals surface area (Å²) < 4.78 is 5.13. The van der Waals surface area contributed by atoms with Crippen molar-refractivity contribution in [2.45, 2.75) is 19.8 Å². The SMILES string of the molecule is CCNc1nc(OC)nc(N(C)CCN2CCCC2)n1. The minimum atomic E-state index is 0.346. The average Bonchev–Trinajstić information content (AvgIpc) is 2.98. The van der Waals surface area contributed by atoms with Crippen LogP contribution in [0.15, 0.2) is 0 Å². The van der Waals surface area contributed by atoms with Gasteiger partial charge in [0.2, 0.25) is 11.9 Å². The maximum atomic E-state index is 5.13. The van der Waals surface area contributed by atoms with Gasteiger partial charge in [-0.2, -0.15) is 15.0 Å². The van der Waals surface area contributed by atoms with Crippen molar-refractivity contribution in [1.82, 2.24) is 19.9 Å². The topological polar surface area (TPSA) is 66.4 Å². The van der Waals surface area contributed by atoms with Crippen molar-refractivity contribution in [1.29, 1.82) is 0 Å². The summed E-state index contributed by atoms with van der Waals surface area (Å²) in [7, 11) is 3.57. The van der Waals surface area contributed by atoms with Gasteiger partial charge in [0.05, 0.1) is 7.11 Å². The van der Waals surface area contributed by atoms with Gasteiger partial charge < -0.3 is 19.9 Å². The van der Waals surface area contributed by atoms with Crippen LogP contribution >= 0.6 is 0 Å². The lowest BCUT2D eigenvalue weighted by atomic mass is 10.4. The van der Waals surface area contributed by atoms with E-state index >= 15 is 0 Å². The Morgan fingerprint density at radius 3 is 2.65 bits per heavy atom. The van der Waals surface area contributed by atoms with Gasteiger partial charge in [-0.05, 0) is 32.9 Å². The number of nitrogens with one attached hydrogen (secondary N) is 1. The number of aromatic nitrogens is 3. The number of ether oxygens (including phenoxy) is 1. The molecule has 1 aliphatic heterocycles. The molecule has 7 heteroatoms. The second-order valence-electron chi connectivity index (χ2n) is 4.95. The Labute approximate surface area is 120 Å². The molecular weight excluding hydrogens is 256 g/mol. The lowest BCUT2D eigenvalue weighted by Gasteiger charge is -2.21. The smallest absolute Gasteiger partial charge is 0.322 e. The van der Waals surface area contributed by atoms with E-state index < -0.39 is 0 Å². The highest BCUT2D eigenvalue weighted by atomic mass is 16.5. The molecule has 20 heavy (non-hydrogen) atoms. The third kappa shape index (κ3) is 3.93. The molecule has 1 saturated heterocycles. The first-order chi connectivity index (χ1) is 9.72. The Bertz CT molecular complexity index is 421. The molecule has 0 spiro atoms. The van der Waals surface area contributed by atoms with E-state index in [4.69, 9.17) is 4.74 Å². The Hall–Kier alpha value is -1.63. The van der Waals surface area contributed by atoms with E-state index in [0.717, 1.165) is 19.6 Å². The summed E-state index contributed by atoms with van der Waals surface area (Å²) in [6, 6.07) is 0.346. The summed E-state index contributed by atoms with van der Waals surface area (Å²) in [5.74, 6) is 1.20. The van der Waals surface area contributed by atoms with Gasteiger partial charge in [-0.15, -0.1) is 0 Å².